The van der Waals surface area contributed by atoms with Gasteiger partial charge < -0.3 is 5.11 Å². The summed E-state index contributed by atoms with van der Waals surface area (Å²) in [6.07, 6.45) is 6.58. The first-order valence-corrected chi connectivity index (χ1v) is 17.1. The summed E-state index contributed by atoms with van der Waals surface area (Å²) < 4.78 is 0. The van der Waals surface area contributed by atoms with Crippen molar-refractivity contribution in [2.45, 2.75) is 79.6 Å². The van der Waals surface area contributed by atoms with Crippen LogP contribution < -0.4 is 0 Å². The quantitative estimate of drug-likeness (QED) is 0.0546. The van der Waals surface area contributed by atoms with Crippen molar-refractivity contribution >= 4 is 49.0 Å². The molecule has 4 nitrogen and oxygen atoms in total. The Bertz CT molecular complexity index is 2070. The molecule has 0 unspecified atom stereocenters. The van der Waals surface area contributed by atoms with Crippen LogP contribution in [0.3, 0.4) is 0 Å². The van der Waals surface area contributed by atoms with Crippen LogP contribution in [0, 0.1) is 17.9 Å². The number of aliphatic hydroxyl groups is 1. The molecule has 1 radical (unpaired) electrons. The van der Waals surface area contributed by atoms with E-state index in [2.05, 4.69) is 111 Å². The molecule has 5 aromatic carbocycles. The molecule has 0 saturated heterocycles. The van der Waals surface area contributed by atoms with Crippen LogP contribution in [0.1, 0.15) is 79.7 Å². The van der Waals surface area contributed by atoms with Crippen molar-refractivity contribution in [3.05, 3.63) is 109 Å². The van der Waals surface area contributed by atoms with Crippen LogP contribution in [-0.4, -0.2) is 20.9 Å². The molecule has 0 aliphatic heterocycles. The molecule has 6 rings (SSSR count). The predicted octanol–water partition coefficient (Wildman–Crippen LogP) is 11.7. The van der Waals surface area contributed by atoms with Crippen LogP contribution in [0.15, 0.2) is 97.0 Å². The maximum Gasteiger partial charge on any atom is 0.162 e. The molecule has 0 spiro atoms. The molecule has 48 heavy (non-hydrogen) atoms. The van der Waals surface area contributed by atoms with E-state index in [4.69, 9.17) is 4.98 Å². The Morgan fingerprint density at radius 2 is 1.38 bits per heavy atom. The van der Waals surface area contributed by atoms with Gasteiger partial charge in [0.05, 0.1) is 11.3 Å². The van der Waals surface area contributed by atoms with Crippen molar-refractivity contribution in [3.63, 3.8) is 0 Å². The van der Waals surface area contributed by atoms with Gasteiger partial charge in [-0.25, -0.2) is 4.98 Å². The zero-order valence-corrected chi connectivity index (χ0v) is 31.6. The summed E-state index contributed by atoms with van der Waals surface area (Å²) in [5.74, 6) is 0.547. The van der Waals surface area contributed by atoms with E-state index in [0.29, 0.717) is 0 Å². The largest absolute Gasteiger partial charge is 0.512 e. The first-order chi connectivity index (χ1) is 22.6. The van der Waals surface area contributed by atoms with E-state index in [0.717, 1.165) is 53.2 Å². The molecule has 0 atom stereocenters. The molecule has 1 aromatic heterocycles. The van der Waals surface area contributed by atoms with Gasteiger partial charge in [-0.15, -0.1) is 29.1 Å². The molecule has 6 aromatic rings. The van der Waals surface area contributed by atoms with Crippen molar-refractivity contribution in [1.29, 1.82) is 0 Å². The van der Waals surface area contributed by atoms with Gasteiger partial charge in [-0.05, 0) is 64.1 Å². The third kappa shape index (κ3) is 7.85. The van der Waals surface area contributed by atoms with Crippen LogP contribution >= 0.6 is 0 Å². The molecule has 0 saturated carbocycles. The van der Waals surface area contributed by atoms with Crippen LogP contribution in [0.2, 0.25) is 0 Å². The number of nitrogens with zero attached hydrogens (tertiary/aromatic N) is 2. The minimum atomic E-state index is 0. The van der Waals surface area contributed by atoms with E-state index in [1.165, 1.54) is 38.6 Å². The number of allylic oxidation sites excluding steroid dienone is 2. The second kappa shape index (κ2) is 16.0. The maximum absolute atomic E-state index is 11.7. The van der Waals surface area contributed by atoms with Crippen molar-refractivity contribution < 1.29 is 30.0 Å². The van der Waals surface area contributed by atoms with Gasteiger partial charge >= 0.3 is 0 Å². The van der Waals surface area contributed by atoms with Crippen LogP contribution in [0.4, 0.5) is 0 Å². The third-order valence-corrected chi connectivity index (χ3v) is 9.42. The first-order valence-electron chi connectivity index (χ1n) is 17.1. The van der Waals surface area contributed by atoms with Gasteiger partial charge in [0.1, 0.15) is 6.33 Å². The fourth-order valence-electron chi connectivity index (χ4n) is 6.53. The minimum Gasteiger partial charge on any atom is -0.512 e. The second-order valence-electron chi connectivity index (χ2n) is 13.5. The molecular formula is C43H47IrN2O2-. The first kappa shape index (κ1) is 36.9. The van der Waals surface area contributed by atoms with E-state index in [9.17, 15) is 9.90 Å². The fourth-order valence-corrected chi connectivity index (χ4v) is 6.53. The molecule has 1 heterocycles. The SMILES string of the molecule is CC(C)(C)c1cc(-c2ncnc3cc4c(ccc5ccccc54)cc23)[c-]c2ccccc12.CCC(CC)C(=O)/C=C(\O)C(CC)CC.[Ir]. The molecular weight excluding hydrogens is 769 g/mol. The Morgan fingerprint density at radius 3 is 2.04 bits per heavy atom. The number of rotatable bonds is 8. The summed E-state index contributed by atoms with van der Waals surface area (Å²) in [5, 5.41) is 18.1. The molecule has 5 heteroatoms. The summed E-state index contributed by atoms with van der Waals surface area (Å²) in [5.41, 5.74) is 4.22. The fraction of sp³-hybridized carbons (Fsp3) is 0.326. The van der Waals surface area contributed by atoms with Gasteiger partial charge in [-0.2, -0.15) is 0 Å². The third-order valence-electron chi connectivity index (χ3n) is 9.42. The standard InChI is InChI=1S/C30H23N2.C13H24O2.Ir/c1-30(2,3)27-16-22(14-20-9-5-7-11-24(20)27)29-26-15-21-13-12-19-8-4-6-10-23(19)25(21)17-28(26)31-18-32-29;1-5-10(6-2)12(14)9-13(15)11(7-3)8-4;/h4-13,15-18H,1-3H3;9-11,14H,5-8H2,1-4H3;/q-1;;/b;12-9-;. The van der Waals surface area contributed by atoms with E-state index in [1.54, 1.807) is 6.33 Å². The Morgan fingerprint density at radius 1 is 0.750 bits per heavy atom. The van der Waals surface area contributed by atoms with E-state index in [1.807, 2.05) is 27.7 Å². The Hall–Kier alpha value is -3.92. The summed E-state index contributed by atoms with van der Waals surface area (Å²) in [4.78, 5) is 21.1. The van der Waals surface area contributed by atoms with Gasteiger partial charge in [0.25, 0.3) is 0 Å². The molecule has 0 aliphatic rings. The van der Waals surface area contributed by atoms with E-state index < -0.39 is 0 Å². The number of carbonyl (C=O) groups is 1. The topological polar surface area (TPSA) is 63.1 Å². The number of hydrogen-bond donors (Lipinski definition) is 1. The Labute approximate surface area is 299 Å². The number of benzene rings is 5. The summed E-state index contributed by atoms with van der Waals surface area (Å²) in [6, 6.07) is 31.7. The Balaban J connectivity index is 0.000000279. The molecule has 0 aliphatic carbocycles. The molecule has 1 N–H and O–H groups in total. The van der Waals surface area contributed by atoms with Gasteiger partial charge in [-0.1, -0.05) is 120 Å². The predicted molar refractivity (Wildman–Crippen MR) is 199 cm³/mol. The zero-order valence-electron chi connectivity index (χ0n) is 29.2. The molecule has 0 fully saturated rings. The van der Waals surface area contributed by atoms with Crippen LogP contribution in [-0.2, 0) is 30.3 Å². The number of aliphatic hydroxyl groups excluding tert-OH is 1. The maximum atomic E-state index is 11.7. The molecule has 0 amide bonds. The molecule has 0 bridgehead atoms. The normalized spacial score (nSPS) is 12.1. The number of carbonyl (C=O) groups excluding carboxylic acids is 1. The summed E-state index contributed by atoms with van der Waals surface area (Å²) in [6.45, 7) is 14.8. The van der Waals surface area contributed by atoms with Crippen LogP contribution in [0.25, 0.3) is 54.5 Å². The summed E-state index contributed by atoms with van der Waals surface area (Å²) in [7, 11) is 0. The number of fused-ring (bicyclic) bond motifs is 5. The van der Waals surface area contributed by atoms with E-state index in [-0.39, 0.29) is 48.9 Å². The van der Waals surface area contributed by atoms with Gasteiger partial charge in [-0.3, -0.25) is 9.78 Å². The average Bonchev–Trinajstić information content (AvgIpc) is 3.07. The zero-order chi connectivity index (χ0) is 33.7. The average molecular weight is 816 g/mol. The van der Waals surface area contributed by atoms with Gasteiger partial charge in [0.2, 0.25) is 0 Å². The molecule has 251 valence electrons. The van der Waals surface area contributed by atoms with Gasteiger partial charge in [0, 0.05) is 43.7 Å². The number of hydrogen-bond acceptors (Lipinski definition) is 4. The minimum absolute atomic E-state index is 0. The smallest absolute Gasteiger partial charge is 0.162 e. The van der Waals surface area contributed by atoms with Crippen molar-refractivity contribution in [1.82, 2.24) is 9.97 Å². The van der Waals surface area contributed by atoms with E-state index >= 15 is 0 Å². The number of aromatic nitrogens is 2. The van der Waals surface area contributed by atoms with Crippen LogP contribution in [0.5, 0.6) is 0 Å². The summed E-state index contributed by atoms with van der Waals surface area (Å²) >= 11 is 0. The van der Waals surface area contributed by atoms with Crippen molar-refractivity contribution in [2.75, 3.05) is 0 Å². The number of ketones is 1. The van der Waals surface area contributed by atoms with Crippen molar-refractivity contribution in [3.8, 4) is 11.3 Å². The second-order valence-corrected chi connectivity index (χ2v) is 13.5. The van der Waals surface area contributed by atoms with Gasteiger partial charge in [0.15, 0.2) is 5.78 Å². The van der Waals surface area contributed by atoms with Crippen molar-refractivity contribution in [2.24, 2.45) is 11.8 Å². The Kier molecular flexibility index (Phi) is 12.3. The monoisotopic (exact) mass is 816 g/mol.